The molecule has 0 saturated carbocycles. The van der Waals surface area contributed by atoms with Gasteiger partial charge in [-0.15, -0.1) is 0 Å². The molecular weight excluding hydrogens is 502 g/mol. The van der Waals surface area contributed by atoms with Crippen LogP contribution in [0.25, 0.3) is 11.1 Å². The summed E-state index contributed by atoms with van der Waals surface area (Å²) in [7, 11) is 1.21. The van der Waals surface area contributed by atoms with E-state index in [-0.39, 0.29) is 34.9 Å². The number of aromatic carboxylic acids is 2. The van der Waals surface area contributed by atoms with Crippen molar-refractivity contribution in [1.82, 2.24) is 4.98 Å². The lowest BCUT2D eigenvalue weighted by Crippen LogP contribution is -2.24. The average Bonchev–Trinajstić information content (AvgIpc) is 2.87. The van der Waals surface area contributed by atoms with Gasteiger partial charge in [0.25, 0.3) is 11.5 Å². The first-order valence-corrected chi connectivity index (χ1v) is 11.0. The van der Waals surface area contributed by atoms with Crippen LogP contribution in [0.5, 0.6) is 11.5 Å². The monoisotopic (exact) mass is 525 g/mol. The van der Waals surface area contributed by atoms with Crippen LogP contribution in [0, 0.1) is 0 Å². The standard InChI is InChI=1S/C25H23N3O10/c1-3-37-16-10-12(18-19(23(31)32)21(26)28-22(30)20(18)24(33)34)8-9-15(16)38-11-17(29)27-14-7-5-4-6-13(14)25(35)36-2/h4-10H,3,11H2,1-2H3,(H,27,29)(H,31,32)(H,33,34)(H3,26,28,30). The number of benzene rings is 2. The molecule has 198 valence electrons. The second kappa shape index (κ2) is 11.6. The zero-order valence-electron chi connectivity index (χ0n) is 20.2. The molecule has 0 unspecified atom stereocenters. The van der Waals surface area contributed by atoms with Gasteiger partial charge in [-0.25, -0.2) is 14.4 Å². The Balaban J connectivity index is 1.95. The number of hydrogen-bond donors (Lipinski definition) is 5. The fourth-order valence-electron chi connectivity index (χ4n) is 3.60. The van der Waals surface area contributed by atoms with E-state index < -0.39 is 58.5 Å². The van der Waals surface area contributed by atoms with E-state index in [0.29, 0.717) is 0 Å². The maximum atomic E-state index is 12.5. The number of amides is 1. The largest absolute Gasteiger partial charge is 0.490 e. The molecule has 0 aliphatic carbocycles. The Morgan fingerprint density at radius 3 is 2.29 bits per heavy atom. The zero-order valence-corrected chi connectivity index (χ0v) is 20.2. The Hall–Kier alpha value is -5.33. The SMILES string of the molecule is CCOc1cc(-c2c(C(=O)O)c(N)[nH]c(=O)c2C(=O)O)ccc1OCC(=O)Nc1ccccc1C(=O)OC. The predicted molar refractivity (Wildman–Crippen MR) is 134 cm³/mol. The van der Waals surface area contributed by atoms with Crippen LogP contribution in [0.15, 0.2) is 47.3 Å². The third-order valence-electron chi connectivity index (χ3n) is 5.17. The molecule has 0 fully saturated rings. The molecule has 0 atom stereocenters. The quantitative estimate of drug-likeness (QED) is 0.242. The third-order valence-corrected chi connectivity index (χ3v) is 5.17. The number of esters is 1. The van der Waals surface area contributed by atoms with Gasteiger partial charge in [-0.3, -0.25) is 9.59 Å². The maximum Gasteiger partial charge on any atom is 0.342 e. The highest BCUT2D eigenvalue weighted by atomic mass is 16.5. The van der Waals surface area contributed by atoms with E-state index in [1.807, 2.05) is 4.98 Å². The number of anilines is 2. The van der Waals surface area contributed by atoms with E-state index in [4.69, 9.17) is 19.9 Å². The molecule has 3 aromatic rings. The van der Waals surface area contributed by atoms with Crippen LogP contribution in [0.4, 0.5) is 11.5 Å². The van der Waals surface area contributed by atoms with Gasteiger partial charge < -0.3 is 40.5 Å². The highest BCUT2D eigenvalue weighted by Gasteiger charge is 2.27. The predicted octanol–water partition coefficient (Wildman–Crippen LogP) is 2.22. The molecule has 3 rings (SSSR count). The van der Waals surface area contributed by atoms with Gasteiger partial charge in [0.05, 0.1) is 25.0 Å². The topological polar surface area (TPSA) is 207 Å². The van der Waals surface area contributed by atoms with E-state index >= 15 is 0 Å². The van der Waals surface area contributed by atoms with Gasteiger partial charge >= 0.3 is 17.9 Å². The fourth-order valence-corrected chi connectivity index (χ4v) is 3.60. The Morgan fingerprint density at radius 1 is 0.974 bits per heavy atom. The average molecular weight is 525 g/mol. The number of carboxylic acid groups (broad SMARTS) is 2. The normalized spacial score (nSPS) is 10.4. The van der Waals surface area contributed by atoms with E-state index in [2.05, 4.69) is 5.32 Å². The van der Waals surface area contributed by atoms with E-state index in [1.165, 1.54) is 37.4 Å². The number of pyridine rings is 1. The number of aromatic nitrogens is 1. The molecule has 38 heavy (non-hydrogen) atoms. The third kappa shape index (κ3) is 5.73. The van der Waals surface area contributed by atoms with Gasteiger partial charge in [-0.1, -0.05) is 18.2 Å². The van der Waals surface area contributed by atoms with Crippen LogP contribution in [0.3, 0.4) is 0 Å². The fraction of sp³-hybridized carbons (Fsp3) is 0.160. The number of para-hydroxylation sites is 1. The number of rotatable bonds is 10. The Morgan fingerprint density at radius 2 is 1.66 bits per heavy atom. The van der Waals surface area contributed by atoms with E-state index in [0.717, 1.165) is 0 Å². The molecule has 1 aromatic heterocycles. The van der Waals surface area contributed by atoms with E-state index in [9.17, 15) is 34.2 Å². The van der Waals surface area contributed by atoms with Gasteiger partial charge in [0.15, 0.2) is 18.1 Å². The molecule has 6 N–H and O–H groups in total. The number of carboxylic acids is 2. The molecule has 1 heterocycles. The lowest BCUT2D eigenvalue weighted by Gasteiger charge is -2.16. The summed E-state index contributed by atoms with van der Waals surface area (Å²) in [5.41, 5.74) is 3.10. The highest BCUT2D eigenvalue weighted by molar-refractivity contribution is 6.07. The number of methoxy groups -OCH3 is 1. The second-order valence-corrected chi connectivity index (χ2v) is 7.57. The minimum atomic E-state index is -1.66. The number of H-pyrrole nitrogens is 1. The molecule has 2 aromatic carbocycles. The minimum absolute atomic E-state index is 0.00450. The summed E-state index contributed by atoms with van der Waals surface area (Å²) in [6, 6.07) is 10.1. The smallest absolute Gasteiger partial charge is 0.342 e. The van der Waals surface area contributed by atoms with Gasteiger partial charge in [-0.2, -0.15) is 0 Å². The van der Waals surface area contributed by atoms with Crippen molar-refractivity contribution in [1.29, 1.82) is 0 Å². The number of ether oxygens (including phenoxy) is 3. The molecule has 0 radical (unpaired) electrons. The van der Waals surface area contributed by atoms with Crippen LogP contribution < -0.4 is 26.1 Å². The molecule has 0 aliphatic heterocycles. The van der Waals surface area contributed by atoms with Crippen molar-refractivity contribution >= 4 is 35.3 Å². The first-order chi connectivity index (χ1) is 18.1. The number of carbonyl (C=O) groups is 4. The first-order valence-electron chi connectivity index (χ1n) is 11.0. The Bertz CT molecular complexity index is 1480. The number of hydrogen-bond acceptors (Lipinski definition) is 9. The van der Waals surface area contributed by atoms with Crippen molar-refractivity contribution in [2.45, 2.75) is 6.92 Å². The molecule has 0 bridgehead atoms. The van der Waals surface area contributed by atoms with Crippen molar-refractivity contribution in [3.05, 3.63) is 69.5 Å². The van der Waals surface area contributed by atoms with Crippen LogP contribution >= 0.6 is 0 Å². The number of aromatic amines is 1. The van der Waals surface area contributed by atoms with Crippen LogP contribution in [-0.4, -0.2) is 59.3 Å². The molecule has 1 amide bonds. The molecule has 0 saturated heterocycles. The lowest BCUT2D eigenvalue weighted by molar-refractivity contribution is -0.118. The van der Waals surface area contributed by atoms with Gasteiger partial charge in [0, 0.05) is 5.56 Å². The molecule has 0 aliphatic rings. The lowest BCUT2D eigenvalue weighted by atomic mass is 9.95. The summed E-state index contributed by atoms with van der Waals surface area (Å²) < 4.78 is 15.8. The van der Waals surface area contributed by atoms with E-state index in [1.54, 1.807) is 19.1 Å². The van der Waals surface area contributed by atoms with Crippen molar-refractivity contribution in [2.24, 2.45) is 0 Å². The van der Waals surface area contributed by atoms with Gasteiger partial charge in [0.1, 0.15) is 16.9 Å². The molecular formula is C25H23N3O10. The maximum absolute atomic E-state index is 12.5. The summed E-state index contributed by atoms with van der Waals surface area (Å²) in [6.45, 7) is 1.28. The highest BCUT2D eigenvalue weighted by Crippen LogP contribution is 2.36. The number of carbonyl (C=O) groups excluding carboxylic acids is 2. The summed E-state index contributed by atoms with van der Waals surface area (Å²) in [5, 5.41) is 21.8. The van der Waals surface area contributed by atoms with Crippen LogP contribution in [0.1, 0.15) is 38.0 Å². The van der Waals surface area contributed by atoms with Crippen LogP contribution in [-0.2, 0) is 9.53 Å². The van der Waals surface area contributed by atoms with Crippen molar-refractivity contribution in [3.8, 4) is 22.6 Å². The zero-order chi connectivity index (χ0) is 28.0. The summed E-state index contributed by atoms with van der Waals surface area (Å²) in [4.78, 5) is 62.4. The molecule has 13 heteroatoms. The number of nitrogen functional groups attached to an aromatic ring is 1. The Kier molecular flexibility index (Phi) is 8.32. The van der Waals surface area contributed by atoms with Crippen LogP contribution in [0.2, 0.25) is 0 Å². The van der Waals surface area contributed by atoms with Crippen molar-refractivity contribution in [3.63, 3.8) is 0 Å². The minimum Gasteiger partial charge on any atom is -0.490 e. The second-order valence-electron chi connectivity index (χ2n) is 7.57. The number of nitrogens with one attached hydrogen (secondary N) is 2. The summed E-state index contributed by atoms with van der Waals surface area (Å²) in [6.07, 6.45) is 0. The van der Waals surface area contributed by atoms with Gasteiger partial charge in [-0.05, 0) is 36.8 Å². The first kappa shape index (κ1) is 27.3. The molecule has 13 nitrogen and oxygen atoms in total. The summed E-state index contributed by atoms with van der Waals surface area (Å²) in [5.74, 6) is -4.89. The number of nitrogens with two attached hydrogens (primary N) is 1. The van der Waals surface area contributed by atoms with Gasteiger partial charge in [0.2, 0.25) is 0 Å². The molecule has 0 spiro atoms. The Labute approximate surface area is 214 Å². The summed E-state index contributed by atoms with van der Waals surface area (Å²) >= 11 is 0. The van der Waals surface area contributed by atoms with Crippen molar-refractivity contribution < 1.29 is 43.6 Å². The van der Waals surface area contributed by atoms with Crippen molar-refractivity contribution in [2.75, 3.05) is 31.4 Å².